The van der Waals surface area contributed by atoms with Crippen molar-refractivity contribution in [3.63, 3.8) is 0 Å². The van der Waals surface area contributed by atoms with Crippen molar-refractivity contribution in [3.8, 4) is 0 Å². The molecule has 0 amide bonds. The molecule has 1 N–H and O–H groups in total. The summed E-state index contributed by atoms with van der Waals surface area (Å²) in [6.45, 7) is 6.15. The molecule has 0 bridgehead atoms. The molecule has 1 aromatic carbocycles. The highest BCUT2D eigenvalue weighted by Crippen LogP contribution is 2.15. The van der Waals surface area contributed by atoms with Crippen LogP contribution in [0.5, 0.6) is 0 Å². The fourth-order valence-electron chi connectivity index (χ4n) is 1.98. The summed E-state index contributed by atoms with van der Waals surface area (Å²) in [6, 6.07) is 10.6. The van der Waals surface area contributed by atoms with Gasteiger partial charge in [0.1, 0.15) is 0 Å². The van der Waals surface area contributed by atoms with Gasteiger partial charge in [0.2, 0.25) is 0 Å². The third-order valence-electron chi connectivity index (χ3n) is 3.09. The fraction of sp³-hybridized carbons (Fsp3) is 0.571. The van der Waals surface area contributed by atoms with Crippen LogP contribution < -0.4 is 5.32 Å². The first-order valence-corrected chi connectivity index (χ1v) is 6.06. The van der Waals surface area contributed by atoms with E-state index in [0.717, 1.165) is 26.0 Å². The number of aryl methyl sites for hydroxylation is 1. The number of nitrogens with one attached hydrogen (secondary N) is 1. The highest BCUT2D eigenvalue weighted by atomic mass is 16.5. The Hall–Kier alpha value is -0.860. The summed E-state index contributed by atoms with van der Waals surface area (Å²) in [4.78, 5) is 0. The van der Waals surface area contributed by atoms with Gasteiger partial charge in [-0.05, 0) is 32.3 Å². The van der Waals surface area contributed by atoms with E-state index >= 15 is 0 Å². The molecule has 0 aliphatic carbocycles. The van der Waals surface area contributed by atoms with Gasteiger partial charge in [0.05, 0.1) is 12.7 Å². The molecular weight excluding hydrogens is 198 g/mol. The first kappa shape index (κ1) is 11.6. The number of hydrogen-bond donors (Lipinski definition) is 1. The number of hydrogen-bond acceptors (Lipinski definition) is 2. The number of morpholine rings is 1. The number of ether oxygens (including phenoxy) is 1. The normalized spacial score (nSPS) is 24.2. The zero-order chi connectivity index (χ0) is 11.4. The molecule has 16 heavy (non-hydrogen) atoms. The first-order chi connectivity index (χ1) is 7.66. The predicted molar refractivity (Wildman–Crippen MR) is 66.6 cm³/mol. The van der Waals surface area contributed by atoms with Crippen LogP contribution in [0.1, 0.15) is 25.8 Å². The Bertz CT molecular complexity index is 311. The molecule has 1 atom stereocenters. The zero-order valence-electron chi connectivity index (χ0n) is 10.2. The Morgan fingerprint density at radius 1 is 1.31 bits per heavy atom. The van der Waals surface area contributed by atoms with Crippen molar-refractivity contribution >= 4 is 0 Å². The maximum atomic E-state index is 5.85. The number of rotatable bonds is 3. The van der Waals surface area contributed by atoms with Gasteiger partial charge in [-0.2, -0.15) is 0 Å². The summed E-state index contributed by atoms with van der Waals surface area (Å²) in [6.07, 6.45) is 2.58. The SMILES string of the molecule is CC1(C)COC(CCc2ccccc2)CN1. The van der Waals surface area contributed by atoms with E-state index in [4.69, 9.17) is 4.74 Å². The molecule has 1 fully saturated rings. The van der Waals surface area contributed by atoms with E-state index in [1.54, 1.807) is 0 Å². The highest BCUT2D eigenvalue weighted by Gasteiger charge is 2.26. The second kappa shape index (κ2) is 4.98. The van der Waals surface area contributed by atoms with Crippen LogP contribution in [0, 0.1) is 0 Å². The second-order valence-electron chi connectivity index (χ2n) is 5.22. The Morgan fingerprint density at radius 2 is 2.06 bits per heavy atom. The summed E-state index contributed by atoms with van der Waals surface area (Å²) in [5.74, 6) is 0. The van der Waals surface area contributed by atoms with Gasteiger partial charge < -0.3 is 10.1 Å². The van der Waals surface area contributed by atoms with Crippen LogP contribution >= 0.6 is 0 Å². The lowest BCUT2D eigenvalue weighted by atomic mass is 10.0. The number of benzene rings is 1. The van der Waals surface area contributed by atoms with Gasteiger partial charge in [0.15, 0.2) is 0 Å². The molecule has 1 aliphatic heterocycles. The fourth-order valence-corrected chi connectivity index (χ4v) is 1.98. The maximum absolute atomic E-state index is 5.85. The van der Waals surface area contributed by atoms with E-state index in [1.807, 2.05) is 0 Å². The minimum atomic E-state index is 0.142. The van der Waals surface area contributed by atoms with Crippen LogP contribution in [-0.4, -0.2) is 24.8 Å². The third-order valence-corrected chi connectivity index (χ3v) is 3.09. The Morgan fingerprint density at radius 3 is 2.69 bits per heavy atom. The highest BCUT2D eigenvalue weighted by molar-refractivity contribution is 5.14. The Balaban J connectivity index is 1.76. The average Bonchev–Trinajstić information content (AvgIpc) is 2.29. The topological polar surface area (TPSA) is 21.3 Å². The van der Waals surface area contributed by atoms with Crippen molar-refractivity contribution in [1.29, 1.82) is 0 Å². The molecule has 1 saturated heterocycles. The van der Waals surface area contributed by atoms with Gasteiger partial charge in [-0.15, -0.1) is 0 Å². The molecule has 2 nitrogen and oxygen atoms in total. The molecule has 1 unspecified atom stereocenters. The van der Waals surface area contributed by atoms with Gasteiger partial charge in [-0.3, -0.25) is 0 Å². The van der Waals surface area contributed by atoms with Gasteiger partial charge >= 0.3 is 0 Å². The zero-order valence-corrected chi connectivity index (χ0v) is 10.2. The van der Waals surface area contributed by atoms with Crippen molar-refractivity contribution in [1.82, 2.24) is 5.32 Å². The van der Waals surface area contributed by atoms with Gasteiger partial charge in [-0.1, -0.05) is 30.3 Å². The summed E-state index contributed by atoms with van der Waals surface area (Å²) in [5, 5.41) is 3.52. The van der Waals surface area contributed by atoms with E-state index in [1.165, 1.54) is 5.56 Å². The van der Waals surface area contributed by atoms with E-state index in [2.05, 4.69) is 49.5 Å². The van der Waals surface area contributed by atoms with Crippen molar-refractivity contribution in [2.75, 3.05) is 13.2 Å². The second-order valence-corrected chi connectivity index (χ2v) is 5.22. The lowest BCUT2D eigenvalue weighted by molar-refractivity contribution is -0.0248. The quantitative estimate of drug-likeness (QED) is 0.843. The molecule has 0 radical (unpaired) electrons. The molecule has 2 heteroatoms. The molecule has 0 spiro atoms. The van der Waals surface area contributed by atoms with Crippen LogP contribution in [0.2, 0.25) is 0 Å². The van der Waals surface area contributed by atoms with Gasteiger partial charge in [0, 0.05) is 12.1 Å². The minimum Gasteiger partial charge on any atom is -0.375 e. The summed E-state index contributed by atoms with van der Waals surface area (Å²) in [5.41, 5.74) is 1.54. The molecule has 88 valence electrons. The lowest BCUT2D eigenvalue weighted by Gasteiger charge is -2.36. The van der Waals surface area contributed by atoms with Gasteiger partial charge in [-0.25, -0.2) is 0 Å². The molecule has 2 rings (SSSR count). The minimum absolute atomic E-state index is 0.142. The summed E-state index contributed by atoms with van der Waals surface area (Å²) < 4.78 is 5.85. The molecule has 1 aromatic rings. The maximum Gasteiger partial charge on any atom is 0.0703 e. The predicted octanol–water partition coefficient (Wildman–Crippen LogP) is 2.39. The van der Waals surface area contributed by atoms with Crippen LogP contribution in [0.15, 0.2) is 30.3 Å². The molecule has 1 heterocycles. The Kier molecular flexibility index (Phi) is 3.62. The average molecular weight is 219 g/mol. The standard InChI is InChI=1S/C14H21NO/c1-14(2)11-16-13(10-15-14)9-8-12-6-4-3-5-7-12/h3-7,13,15H,8-11H2,1-2H3. The monoisotopic (exact) mass is 219 g/mol. The summed E-state index contributed by atoms with van der Waals surface area (Å²) >= 11 is 0. The van der Waals surface area contributed by atoms with E-state index in [9.17, 15) is 0 Å². The summed E-state index contributed by atoms with van der Waals surface area (Å²) in [7, 11) is 0. The molecular formula is C14H21NO. The van der Waals surface area contributed by atoms with Crippen molar-refractivity contribution < 1.29 is 4.74 Å². The lowest BCUT2D eigenvalue weighted by Crippen LogP contribution is -2.53. The molecule has 0 saturated carbocycles. The molecule has 1 aliphatic rings. The smallest absolute Gasteiger partial charge is 0.0703 e. The van der Waals surface area contributed by atoms with E-state index in [-0.39, 0.29) is 5.54 Å². The van der Waals surface area contributed by atoms with Crippen LogP contribution in [0.25, 0.3) is 0 Å². The van der Waals surface area contributed by atoms with Crippen LogP contribution in [0.4, 0.5) is 0 Å². The molecule has 0 aromatic heterocycles. The van der Waals surface area contributed by atoms with Crippen LogP contribution in [-0.2, 0) is 11.2 Å². The van der Waals surface area contributed by atoms with Crippen molar-refractivity contribution in [3.05, 3.63) is 35.9 Å². The van der Waals surface area contributed by atoms with Crippen molar-refractivity contribution in [2.24, 2.45) is 0 Å². The van der Waals surface area contributed by atoms with Crippen molar-refractivity contribution in [2.45, 2.75) is 38.3 Å². The van der Waals surface area contributed by atoms with E-state index < -0.39 is 0 Å². The van der Waals surface area contributed by atoms with E-state index in [0.29, 0.717) is 6.10 Å². The van der Waals surface area contributed by atoms with Crippen LogP contribution in [0.3, 0.4) is 0 Å². The largest absolute Gasteiger partial charge is 0.375 e. The first-order valence-electron chi connectivity index (χ1n) is 6.06. The Labute approximate surface area is 98.0 Å². The third kappa shape index (κ3) is 3.32. The van der Waals surface area contributed by atoms with Gasteiger partial charge in [0.25, 0.3) is 0 Å².